The van der Waals surface area contributed by atoms with Crippen molar-refractivity contribution < 1.29 is 19.8 Å². The van der Waals surface area contributed by atoms with Gasteiger partial charge in [0.2, 0.25) is 0 Å². The summed E-state index contributed by atoms with van der Waals surface area (Å²) < 4.78 is 1.73. The molecule has 0 saturated carbocycles. The number of aryl methyl sites for hydroxylation is 2. The molecule has 1 unspecified atom stereocenters. The molecule has 0 aliphatic carbocycles. The normalized spacial score (nSPS) is 18.9. The second kappa shape index (κ2) is 3.12. The van der Waals surface area contributed by atoms with E-state index in [-0.39, 0.29) is 5.56 Å². The molecule has 0 saturated heterocycles. The maximum atomic E-state index is 11.0. The van der Waals surface area contributed by atoms with Gasteiger partial charge in [-0.3, -0.25) is 4.79 Å². The first-order valence-corrected chi connectivity index (χ1v) is 4.68. The fourth-order valence-electron chi connectivity index (χ4n) is 2.20. The number of carbonyl (C=O) groups is 2. The van der Waals surface area contributed by atoms with Gasteiger partial charge in [0.1, 0.15) is 0 Å². The number of fused-ring (bicyclic) bond motifs is 1. The van der Waals surface area contributed by atoms with Crippen LogP contribution in [0.2, 0.25) is 0 Å². The van der Waals surface area contributed by atoms with E-state index in [9.17, 15) is 9.59 Å². The van der Waals surface area contributed by atoms with E-state index < -0.39 is 17.9 Å². The van der Waals surface area contributed by atoms with E-state index in [1.54, 1.807) is 17.7 Å². The molecule has 1 aromatic rings. The third-order valence-corrected chi connectivity index (χ3v) is 2.81. The summed E-state index contributed by atoms with van der Waals surface area (Å²) in [4.78, 5) is 21.9. The van der Waals surface area contributed by atoms with Gasteiger partial charge >= 0.3 is 11.9 Å². The van der Waals surface area contributed by atoms with Crippen LogP contribution in [0.1, 0.15) is 34.0 Å². The SMILES string of the molecule is Cc1cn2c(c1C(=O)O)C(C(=O)O)CC2. The first kappa shape index (κ1) is 9.76. The Hall–Kier alpha value is -1.78. The molecule has 5 heteroatoms. The number of rotatable bonds is 2. The summed E-state index contributed by atoms with van der Waals surface area (Å²) in [5, 5.41) is 18.0. The predicted octanol–water partition coefficient (Wildman–Crippen LogP) is 1.07. The molecule has 15 heavy (non-hydrogen) atoms. The molecule has 0 bridgehead atoms. The lowest BCUT2D eigenvalue weighted by atomic mass is 9.99. The summed E-state index contributed by atoms with van der Waals surface area (Å²) in [7, 11) is 0. The van der Waals surface area contributed by atoms with Crippen LogP contribution >= 0.6 is 0 Å². The number of aromatic carboxylic acids is 1. The molecule has 80 valence electrons. The van der Waals surface area contributed by atoms with Crippen LogP contribution in [0.3, 0.4) is 0 Å². The fourth-order valence-corrected chi connectivity index (χ4v) is 2.20. The highest BCUT2D eigenvalue weighted by molar-refractivity contribution is 5.93. The predicted molar refractivity (Wildman–Crippen MR) is 51.1 cm³/mol. The molecule has 0 amide bonds. The lowest BCUT2D eigenvalue weighted by molar-refractivity contribution is -0.138. The van der Waals surface area contributed by atoms with Crippen LogP contribution in [0, 0.1) is 6.92 Å². The molecule has 1 atom stereocenters. The number of hydrogen-bond donors (Lipinski definition) is 2. The minimum Gasteiger partial charge on any atom is -0.481 e. The number of carboxylic acids is 2. The van der Waals surface area contributed by atoms with Crippen molar-refractivity contribution in [3.8, 4) is 0 Å². The molecule has 2 N–H and O–H groups in total. The molecule has 1 aromatic heterocycles. The molecule has 1 aliphatic rings. The van der Waals surface area contributed by atoms with Crippen molar-refractivity contribution in [2.75, 3.05) is 0 Å². The van der Waals surface area contributed by atoms with Crippen molar-refractivity contribution in [3.05, 3.63) is 23.0 Å². The maximum Gasteiger partial charge on any atom is 0.337 e. The van der Waals surface area contributed by atoms with E-state index in [2.05, 4.69) is 0 Å². The third-order valence-electron chi connectivity index (χ3n) is 2.81. The summed E-state index contributed by atoms with van der Waals surface area (Å²) in [6.45, 7) is 2.27. The van der Waals surface area contributed by atoms with Gasteiger partial charge in [-0.15, -0.1) is 0 Å². The minimum atomic E-state index is -1.05. The number of aliphatic carboxylic acids is 1. The highest BCUT2D eigenvalue weighted by Crippen LogP contribution is 2.33. The maximum absolute atomic E-state index is 11.0. The Kier molecular flexibility index (Phi) is 2.03. The highest BCUT2D eigenvalue weighted by Gasteiger charge is 2.34. The van der Waals surface area contributed by atoms with Crippen molar-refractivity contribution in [1.29, 1.82) is 0 Å². The summed E-state index contributed by atoms with van der Waals surface area (Å²) in [6.07, 6.45) is 2.19. The zero-order valence-corrected chi connectivity index (χ0v) is 8.23. The highest BCUT2D eigenvalue weighted by atomic mass is 16.4. The average Bonchev–Trinajstić information content (AvgIpc) is 2.59. The largest absolute Gasteiger partial charge is 0.481 e. The number of hydrogen-bond acceptors (Lipinski definition) is 2. The lowest BCUT2D eigenvalue weighted by Crippen LogP contribution is -2.12. The standard InChI is InChI=1S/C10H11NO4/c1-5-4-11-3-2-6(9(12)13)8(11)7(5)10(14)15/h4,6H,2-3H2,1H3,(H,12,13)(H,14,15). The van der Waals surface area contributed by atoms with E-state index in [4.69, 9.17) is 10.2 Å². The number of nitrogens with zero attached hydrogens (tertiary/aromatic N) is 1. The van der Waals surface area contributed by atoms with Crippen LogP contribution < -0.4 is 0 Å². The summed E-state index contributed by atoms with van der Waals surface area (Å²) in [6, 6.07) is 0. The van der Waals surface area contributed by atoms with Gasteiger partial charge in [0.15, 0.2) is 0 Å². The second-order valence-corrected chi connectivity index (χ2v) is 3.75. The van der Waals surface area contributed by atoms with E-state index in [0.717, 1.165) is 0 Å². The zero-order valence-electron chi connectivity index (χ0n) is 8.23. The molecule has 1 aliphatic heterocycles. The van der Waals surface area contributed by atoms with Crippen LogP contribution in [0.15, 0.2) is 6.20 Å². The molecule has 0 spiro atoms. The van der Waals surface area contributed by atoms with Crippen LogP contribution in [0.25, 0.3) is 0 Å². The Bertz CT molecular complexity index is 447. The van der Waals surface area contributed by atoms with Crippen molar-refractivity contribution >= 4 is 11.9 Å². The van der Waals surface area contributed by atoms with E-state index in [0.29, 0.717) is 24.2 Å². The topological polar surface area (TPSA) is 79.5 Å². The van der Waals surface area contributed by atoms with Gasteiger partial charge in [0.05, 0.1) is 11.5 Å². The smallest absolute Gasteiger partial charge is 0.337 e. The van der Waals surface area contributed by atoms with E-state index in [1.807, 2.05) is 0 Å². The summed E-state index contributed by atoms with van der Waals surface area (Å²) >= 11 is 0. The van der Waals surface area contributed by atoms with Gasteiger partial charge in [0, 0.05) is 18.4 Å². The molecule has 0 fully saturated rings. The minimum absolute atomic E-state index is 0.153. The second-order valence-electron chi connectivity index (χ2n) is 3.75. The van der Waals surface area contributed by atoms with Crippen molar-refractivity contribution in [2.24, 2.45) is 0 Å². The van der Waals surface area contributed by atoms with Gasteiger partial charge in [-0.25, -0.2) is 4.79 Å². The van der Waals surface area contributed by atoms with Gasteiger partial charge in [-0.2, -0.15) is 0 Å². The number of aromatic nitrogens is 1. The Labute approximate surface area is 85.9 Å². The van der Waals surface area contributed by atoms with E-state index in [1.165, 1.54) is 0 Å². The first-order valence-electron chi connectivity index (χ1n) is 4.68. The molecule has 2 rings (SSSR count). The van der Waals surface area contributed by atoms with Crippen LogP contribution in [-0.2, 0) is 11.3 Å². The van der Waals surface area contributed by atoms with Gasteiger partial charge in [0.25, 0.3) is 0 Å². The first-order chi connectivity index (χ1) is 7.02. The Morgan fingerprint density at radius 2 is 2.13 bits per heavy atom. The Balaban J connectivity index is 2.59. The Morgan fingerprint density at radius 3 is 2.67 bits per heavy atom. The monoisotopic (exact) mass is 209 g/mol. The molecule has 0 aromatic carbocycles. The quantitative estimate of drug-likeness (QED) is 0.763. The summed E-state index contributed by atoms with van der Waals surface area (Å²) in [5.74, 6) is -2.67. The van der Waals surface area contributed by atoms with Crippen LogP contribution in [0.5, 0.6) is 0 Å². The molecular weight excluding hydrogens is 198 g/mol. The van der Waals surface area contributed by atoms with Crippen LogP contribution in [0.4, 0.5) is 0 Å². The van der Waals surface area contributed by atoms with Crippen LogP contribution in [-0.4, -0.2) is 26.7 Å². The summed E-state index contributed by atoms with van der Waals surface area (Å²) in [5.41, 5.74) is 1.22. The van der Waals surface area contributed by atoms with E-state index >= 15 is 0 Å². The molecular formula is C10H11NO4. The number of carboxylic acid groups (broad SMARTS) is 2. The van der Waals surface area contributed by atoms with Crippen molar-refractivity contribution in [2.45, 2.75) is 25.8 Å². The van der Waals surface area contributed by atoms with Crippen molar-refractivity contribution in [3.63, 3.8) is 0 Å². The fraction of sp³-hybridized carbons (Fsp3) is 0.400. The lowest BCUT2D eigenvalue weighted by Gasteiger charge is -2.05. The molecule has 0 radical (unpaired) electrons. The van der Waals surface area contributed by atoms with Gasteiger partial charge in [-0.1, -0.05) is 0 Å². The van der Waals surface area contributed by atoms with Gasteiger partial charge in [-0.05, 0) is 18.9 Å². The Morgan fingerprint density at radius 1 is 1.47 bits per heavy atom. The third kappa shape index (κ3) is 1.31. The van der Waals surface area contributed by atoms with Crippen molar-refractivity contribution in [1.82, 2.24) is 4.57 Å². The zero-order chi connectivity index (χ0) is 11.2. The average molecular weight is 209 g/mol. The molecule has 5 nitrogen and oxygen atoms in total. The van der Waals surface area contributed by atoms with Gasteiger partial charge < -0.3 is 14.8 Å². The molecule has 2 heterocycles.